The summed E-state index contributed by atoms with van der Waals surface area (Å²) in [7, 11) is 3.28. The molecule has 1 aromatic carbocycles. The van der Waals surface area contributed by atoms with E-state index in [4.69, 9.17) is 9.47 Å². The maximum Gasteiger partial charge on any atom is 0.160 e. The van der Waals surface area contributed by atoms with E-state index in [0.29, 0.717) is 6.42 Å². The lowest BCUT2D eigenvalue weighted by molar-refractivity contribution is -0.114. The lowest BCUT2D eigenvalue weighted by atomic mass is 10.1. The van der Waals surface area contributed by atoms with Gasteiger partial charge in [-0.05, 0) is 43.0 Å². The van der Waals surface area contributed by atoms with E-state index in [1.54, 1.807) is 20.3 Å². The topological polar surface area (TPSA) is 35.5 Å². The number of aryl methyl sites for hydroxylation is 1. The van der Waals surface area contributed by atoms with E-state index in [0.717, 1.165) is 30.8 Å². The first-order valence-corrected chi connectivity index (χ1v) is 10.1. The summed E-state index contributed by atoms with van der Waals surface area (Å²) in [6.45, 7) is 2.24. The Labute approximate surface area is 159 Å². The minimum Gasteiger partial charge on any atom is -0.493 e. The molecule has 0 amide bonds. The van der Waals surface area contributed by atoms with Crippen LogP contribution in [0.15, 0.2) is 30.4 Å². The van der Waals surface area contributed by atoms with E-state index in [2.05, 4.69) is 6.92 Å². The number of hydrogen-bond acceptors (Lipinski definition) is 3. The number of methoxy groups -OCH3 is 2. The molecule has 0 aliphatic rings. The highest BCUT2D eigenvalue weighted by Crippen LogP contribution is 2.27. The maximum absolute atomic E-state index is 11.9. The van der Waals surface area contributed by atoms with Crippen LogP contribution >= 0.6 is 0 Å². The van der Waals surface area contributed by atoms with Crippen molar-refractivity contribution >= 4 is 5.78 Å². The van der Waals surface area contributed by atoms with Crippen LogP contribution in [-0.2, 0) is 11.2 Å². The van der Waals surface area contributed by atoms with Gasteiger partial charge in [-0.1, -0.05) is 64.0 Å². The van der Waals surface area contributed by atoms with Crippen molar-refractivity contribution in [1.29, 1.82) is 0 Å². The predicted octanol–water partition coefficient (Wildman–Crippen LogP) is 6.29. The summed E-state index contributed by atoms with van der Waals surface area (Å²) in [5, 5.41) is 0. The Morgan fingerprint density at radius 3 is 2.23 bits per heavy atom. The molecule has 0 atom stereocenters. The zero-order valence-corrected chi connectivity index (χ0v) is 16.9. The van der Waals surface area contributed by atoms with Crippen LogP contribution in [0.4, 0.5) is 0 Å². The van der Waals surface area contributed by atoms with E-state index >= 15 is 0 Å². The number of benzene rings is 1. The Bertz CT molecular complexity index is 534. The first-order valence-electron chi connectivity index (χ1n) is 10.1. The summed E-state index contributed by atoms with van der Waals surface area (Å²) in [4.78, 5) is 11.9. The number of hydrogen-bond donors (Lipinski definition) is 0. The van der Waals surface area contributed by atoms with Crippen molar-refractivity contribution in [2.75, 3.05) is 14.2 Å². The van der Waals surface area contributed by atoms with Gasteiger partial charge < -0.3 is 9.47 Å². The zero-order valence-electron chi connectivity index (χ0n) is 16.9. The van der Waals surface area contributed by atoms with E-state index in [1.165, 1.54) is 50.5 Å². The van der Waals surface area contributed by atoms with Crippen molar-refractivity contribution in [3.05, 3.63) is 35.9 Å². The number of ether oxygens (including phenoxy) is 2. The van der Waals surface area contributed by atoms with Gasteiger partial charge in [0.1, 0.15) is 0 Å². The molecule has 0 aromatic heterocycles. The summed E-state index contributed by atoms with van der Waals surface area (Å²) in [5.74, 6) is 1.75. The number of carbonyl (C=O) groups excluding carboxylic acids is 1. The lowest BCUT2D eigenvalue weighted by Gasteiger charge is -2.08. The molecule has 3 nitrogen and oxygen atoms in total. The number of rotatable bonds is 15. The molecule has 0 saturated carbocycles. The molecule has 26 heavy (non-hydrogen) atoms. The molecule has 0 unspecified atom stereocenters. The number of carbonyl (C=O) groups is 1. The first kappa shape index (κ1) is 22.3. The highest BCUT2D eigenvalue weighted by Gasteiger charge is 2.04. The second-order valence-corrected chi connectivity index (χ2v) is 6.82. The van der Waals surface area contributed by atoms with Gasteiger partial charge in [0.05, 0.1) is 14.2 Å². The molecule has 0 spiro atoms. The van der Waals surface area contributed by atoms with Gasteiger partial charge in [0.15, 0.2) is 17.3 Å². The minimum absolute atomic E-state index is 0.253. The third-order valence-electron chi connectivity index (χ3n) is 4.63. The predicted molar refractivity (Wildman–Crippen MR) is 109 cm³/mol. The molecule has 0 radical (unpaired) electrons. The van der Waals surface area contributed by atoms with Crippen molar-refractivity contribution in [3.8, 4) is 11.5 Å². The summed E-state index contributed by atoms with van der Waals surface area (Å²) < 4.78 is 10.6. The summed E-state index contributed by atoms with van der Waals surface area (Å²) in [5.41, 5.74) is 1.18. The van der Waals surface area contributed by atoms with Crippen LogP contribution in [0.2, 0.25) is 0 Å². The molecule has 1 aromatic rings. The molecule has 1 rings (SSSR count). The van der Waals surface area contributed by atoms with Gasteiger partial charge in [-0.15, -0.1) is 0 Å². The number of allylic oxidation sites excluding steroid dienone is 2. The molecule has 0 fully saturated rings. The molecule has 0 saturated heterocycles. The Morgan fingerprint density at radius 1 is 0.923 bits per heavy atom. The quantitative estimate of drug-likeness (QED) is 0.272. The zero-order chi connectivity index (χ0) is 19.0. The van der Waals surface area contributed by atoms with Gasteiger partial charge in [-0.3, -0.25) is 4.79 Å². The molecule has 3 heteroatoms. The van der Waals surface area contributed by atoms with Crippen LogP contribution in [0.25, 0.3) is 0 Å². The van der Waals surface area contributed by atoms with Crippen molar-refractivity contribution < 1.29 is 14.3 Å². The smallest absolute Gasteiger partial charge is 0.160 e. The van der Waals surface area contributed by atoms with Gasteiger partial charge >= 0.3 is 0 Å². The second-order valence-electron chi connectivity index (χ2n) is 6.82. The van der Waals surface area contributed by atoms with Gasteiger partial charge in [0.2, 0.25) is 0 Å². The monoisotopic (exact) mass is 360 g/mol. The normalized spacial score (nSPS) is 11.0. The molecular formula is C23H36O3. The van der Waals surface area contributed by atoms with Crippen molar-refractivity contribution in [3.63, 3.8) is 0 Å². The number of unbranched alkanes of at least 4 members (excludes halogenated alkanes) is 7. The van der Waals surface area contributed by atoms with Crippen LogP contribution < -0.4 is 9.47 Å². The lowest BCUT2D eigenvalue weighted by Crippen LogP contribution is -1.94. The first-order chi connectivity index (χ1) is 12.7. The standard InChI is InChI=1S/C23H36O3/c1-4-5-6-7-8-9-10-11-15-21(24)16-13-12-14-20-17-18-22(25-2)23(19-20)26-3/h13,16-19H,4-12,14-15H2,1-3H3. The fraction of sp³-hybridized carbons (Fsp3) is 0.609. The third kappa shape index (κ3) is 9.65. The Kier molecular flexibility index (Phi) is 12.3. The van der Waals surface area contributed by atoms with Gasteiger partial charge in [-0.2, -0.15) is 0 Å². The molecule has 0 N–H and O–H groups in total. The van der Waals surface area contributed by atoms with Crippen molar-refractivity contribution in [1.82, 2.24) is 0 Å². The summed E-state index contributed by atoms with van der Waals surface area (Å²) >= 11 is 0. The van der Waals surface area contributed by atoms with Crippen LogP contribution in [0.3, 0.4) is 0 Å². The van der Waals surface area contributed by atoms with Crippen LogP contribution in [0.1, 0.15) is 76.7 Å². The van der Waals surface area contributed by atoms with E-state index < -0.39 is 0 Å². The minimum atomic E-state index is 0.253. The van der Waals surface area contributed by atoms with Crippen molar-refractivity contribution in [2.45, 2.75) is 77.6 Å². The van der Waals surface area contributed by atoms with E-state index in [1.807, 2.05) is 24.3 Å². The van der Waals surface area contributed by atoms with Crippen LogP contribution in [0.5, 0.6) is 11.5 Å². The summed E-state index contributed by atoms with van der Waals surface area (Å²) in [6.07, 6.45) is 16.3. The average molecular weight is 361 g/mol. The fourth-order valence-electron chi connectivity index (χ4n) is 3.02. The number of ketones is 1. The Hall–Kier alpha value is -1.77. The highest BCUT2D eigenvalue weighted by molar-refractivity contribution is 5.89. The van der Waals surface area contributed by atoms with Gasteiger partial charge in [0, 0.05) is 6.42 Å². The van der Waals surface area contributed by atoms with Crippen LogP contribution in [0, 0.1) is 0 Å². The molecule has 0 aliphatic carbocycles. The molecule has 0 bridgehead atoms. The largest absolute Gasteiger partial charge is 0.493 e. The van der Waals surface area contributed by atoms with E-state index in [-0.39, 0.29) is 5.78 Å². The van der Waals surface area contributed by atoms with Crippen LogP contribution in [-0.4, -0.2) is 20.0 Å². The van der Waals surface area contributed by atoms with E-state index in [9.17, 15) is 4.79 Å². The molecule has 0 aliphatic heterocycles. The van der Waals surface area contributed by atoms with Gasteiger partial charge in [0.25, 0.3) is 0 Å². The Morgan fingerprint density at radius 2 is 1.58 bits per heavy atom. The molecule has 146 valence electrons. The fourth-order valence-corrected chi connectivity index (χ4v) is 3.02. The molecule has 0 heterocycles. The SMILES string of the molecule is CCCCCCCCCCC(=O)C=CCCc1ccc(OC)c(OC)c1. The van der Waals surface area contributed by atoms with Gasteiger partial charge in [-0.25, -0.2) is 0 Å². The maximum atomic E-state index is 11.9. The molecular weight excluding hydrogens is 324 g/mol. The highest BCUT2D eigenvalue weighted by atomic mass is 16.5. The third-order valence-corrected chi connectivity index (χ3v) is 4.63. The average Bonchev–Trinajstić information content (AvgIpc) is 2.67. The second kappa shape index (κ2) is 14.4. The summed E-state index contributed by atoms with van der Waals surface area (Å²) in [6, 6.07) is 5.96. The Balaban J connectivity index is 2.15. The van der Waals surface area contributed by atoms with Crippen molar-refractivity contribution in [2.24, 2.45) is 0 Å².